The van der Waals surface area contributed by atoms with Gasteiger partial charge in [-0.15, -0.1) is 0 Å². The van der Waals surface area contributed by atoms with Crippen molar-refractivity contribution in [3.8, 4) is 0 Å². The minimum Gasteiger partial charge on any atom is -0.350 e. The molecule has 0 aliphatic rings. The molecular formula is C29H32ClF2N3O4S. The van der Waals surface area contributed by atoms with Crippen LogP contribution < -0.4 is 9.62 Å². The fourth-order valence-corrected chi connectivity index (χ4v) is 5.65. The summed E-state index contributed by atoms with van der Waals surface area (Å²) >= 11 is 5.97. The van der Waals surface area contributed by atoms with Crippen LogP contribution in [0.2, 0.25) is 5.02 Å². The van der Waals surface area contributed by atoms with Crippen LogP contribution in [-0.2, 0) is 26.2 Å². The number of benzene rings is 3. The van der Waals surface area contributed by atoms with E-state index in [0.717, 1.165) is 16.4 Å². The Kier molecular flexibility index (Phi) is 9.92. The van der Waals surface area contributed by atoms with Gasteiger partial charge in [-0.3, -0.25) is 13.9 Å². The molecule has 0 fully saturated rings. The van der Waals surface area contributed by atoms with Crippen LogP contribution >= 0.6 is 11.6 Å². The lowest BCUT2D eigenvalue weighted by Gasteiger charge is -2.34. The molecule has 2 amide bonds. The van der Waals surface area contributed by atoms with Crippen LogP contribution in [0.4, 0.5) is 14.5 Å². The molecule has 40 heavy (non-hydrogen) atoms. The van der Waals surface area contributed by atoms with Crippen LogP contribution in [0.1, 0.15) is 39.7 Å². The SMILES string of the molecule is CC[C@H](C(=O)NC(C)(C)C)N(Cc1ccc(F)cc1)C(=O)CN(c1ccc(F)c(Cl)c1)S(=O)(=O)c1ccccc1. The Morgan fingerprint density at radius 2 is 1.60 bits per heavy atom. The van der Waals surface area contributed by atoms with Gasteiger partial charge < -0.3 is 10.2 Å². The molecule has 0 unspecified atom stereocenters. The first kappa shape index (κ1) is 31.0. The van der Waals surface area contributed by atoms with Crippen LogP contribution in [0, 0.1) is 11.6 Å². The van der Waals surface area contributed by atoms with E-state index >= 15 is 0 Å². The Labute approximate surface area is 238 Å². The van der Waals surface area contributed by atoms with Crippen LogP contribution in [-0.4, -0.2) is 43.3 Å². The van der Waals surface area contributed by atoms with Crippen molar-refractivity contribution in [2.75, 3.05) is 10.8 Å². The van der Waals surface area contributed by atoms with Crippen molar-refractivity contribution in [3.63, 3.8) is 0 Å². The summed E-state index contributed by atoms with van der Waals surface area (Å²) in [6.45, 7) is 6.34. The van der Waals surface area contributed by atoms with Gasteiger partial charge in [-0.2, -0.15) is 0 Å². The number of carbonyl (C=O) groups is 2. The Bertz CT molecular complexity index is 1450. The Morgan fingerprint density at radius 1 is 0.975 bits per heavy atom. The number of nitrogens with one attached hydrogen (secondary N) is 1. The van der Waals surface area contributed by atoms with Gasteiger partial charge in [0.25, 0.3) is 10.0 Å². The molecule has 7 nitrogen and oxygen atoms in total. The van der Waals surface area contributed by atoms with Gasteiger partial charge in [0.2, 0.25) is 11.8 Å². The Balaban J connectivity index is 2.08. The summed E-state index contributed by atoms with van der Waals surface area (Å²) in [5.41, 5.74) is -0.0839. The van der Waals surface area contributed by atoms with E-state index in [4.69, 9.17) is 11.6 Å². The minimum atomic E-state index is -4.32. The summed E-state index contributed by atoms with van der Waals surface area (Å²) in [5.74, 6) is -2.34. The average molecular weight is 592 g/mol. The molecule has 0 bridgehead atoms. The summed E-state index contributed by atoms with van der Waals surface area (Å²) in [4.78, 5) is 28.4. The van der Waals surface area contributed by atoms with E-state index in [1.807, 2.05) is 0 Å². The number of rotatable bonds is 10. The lowest BCUT2D eigenvalue weighted by atomic mass is 10.1. The second kappa shape index (κ2) is 12.8. The molecule has 0 saturated carbocycles. The molecule has 1 atom stereocenters. The third-order valence-corrected chi connectivity index (χ3v) is 8.03. The summed E-state index contributed by atoms with van der Waals surface area (Å²) < 4.78 is 55.9. The quantitative estimate of drug-likeness (QED) is 0.336. The fourth-order valence-electron chi connectivity index (χ4n) is 4.05. The first-order chi connectivity index (χ1) is 18.7. The highest BCUT2D eigenvalue weighted by atomic mass is 35.5. The monoisotopic (exact) mass is 591 g/mol. The van der Waals surface area contributed by atoms with Crippen LogP contribution in [0.15, 0.2) is 77.7 Å². The van der Waals surface area contributed by atoms with E-state index in [1.165, 1.54) is 59.5 Å². The van der Waals surface area contributed by atoms with Crippen molar-refractivity contribution < 1.29 is 26.8 Å². The molecule has 0 spiro atoms. The highest BCUT2D eigenvalue weighted by molar-refractivity contribution is 7.92. The summed E-state index contributed by atoms with van der Waals surface area (Å²) in [6, 6.07) is 15.3. The normalized spacial score (nSPS) is 12.5. The predicted octanol–water partition coefficient (Wildman–Crippen LogP) is 5.54. The van der Waals surface area contributed by atoms with Crippen molar-refractivity contribution in [3.05, 3.63) is 95.0 Å². The van der Waals surface area contributed by atoms with Crippen molar-refractivity contribution in [1.29, 1.82) is 0 Å². The third kappa shape index (κ3) is 7.79. The zero-order valence-corrected chi connectivity index (χ0v) is 24.3. The van der Waals surface area contributed by atoms with Gasteiger partial charge in [0.05, 0.1) is 15.6 Å². The zero-order chi connectivity index (χ0) is 29.7. The Hall–Kier alpha value is -3.50. The van der Waals surface area contributed by atoms with E-state index in [0.29, 0.717) is 5.56 Å². The first-order valence-corrected chi connectivity index (χ1v) is 14.4. The standard InChI is InChI=1S/C29H32ClF2N3O4S/c1-5-26(28(37)33-29(2,3)4)34(18-20-11-13-21(31)14-12-20)27(36)19-35(22-15-16-25(32)24(30)17-22)40(38,39)23-9-7-6-8-10-23/h6-17,26H,5,18-19H2,1-4H3,(H,33,37)/t26-/m1/s1. The van der Waals surface area contributed by atoms with Gasteiger partial charge >= 0.3 is 0 Å². The lowest BCUT2D eigenvalue weighted by molar-refractivity contribution is -0.141. The van der Waals surface area contributed by atoms with Crippen molar-refractivity contribution in [2.45, 2.75) is 57.1 Å². The largest absolute Gasteiger partial charge is 0.350 e. The minimum absolute atomic E-state index is 0.0301. The number of halogens is 3. The highest BCUT2D eigenvalue weighted by Gasteiger charge is 2.34. The number of amides is 2. The molecule has 11 heteroatoms. The zero-order valence-electron chi connectivity index (χ0n) is 22.7. The summed E-state index contributed by atoms with van der Waals surface area (Å²) in [5, 5.41) is 2.55. The van der Waals surface area contributed by atoms with Crippen molar-refractivity contribution in [1.82, 2.24) is 10.2 Å². The molecule has 0 heterocycles. The smallest absolute Gasteiger partial charge is 0.264 e. The topological polar surface area (TPSA) is 86.8 Å². The summed E-state index contributed by atoms with van der Waals surface area (Å²) in [6.07, 6.45) is 0.225. The molecule has 0 aliphatic heterocycles. The molecule has 0 radical (unpaired) electrons. The van der Waals surface area contributed by atoms with E-state index in [-0.39, 0.29) is 28.6 Å². The van der Waals surface area contributed by atoms with E-state index in [2.05, 4.69) is 5.32 Å². The highest BCUT2D eigenvalue weighted by Crippen LogP contribution is 2.28. The van der Waals surface area contributed by atoms with Gasteiger partial charge in [-0.05, 0) is 75.2 Å². The third-order valence-electron chi connectivity index (χ3n) is 5.95. The van der Waals surface area contributed by atoms with Gasteiger partial charge in [0, 0.05) is 12.1 Å². The molecule has 3 aromatic rings. The maximum Gasteiger partial charge on any atom is 0.264 e. The first-order valence-electron chi connectivity index (χ1n) is 12.6. The van der Waals surface area contributed by atoms with E-state index < -0.39 is 51.6 Å². The maximum absolute atomic E-state index is 14.0. The van der Waals surface area contributed by atoms with Gasteiger partial charge in [0.15, 0.2) is 0 Å². The molecule has 3 aromatic carbocycles. The Morgan fingerprint density at radius 3 is 2.15 bits per heavy atom. The summed E-state index contributed by atoms with van der Waals surface area (Å²) in [7, 11) is -4.32. The molecular weight excluding hydrogens is 560 g/mol. The van der Waals surface area contributed by atoms with E-state index in [1.54, 1.807) is 33.8 Å². The number of hydrogen-bond acceptors (Lipinski definition) is 4. The van der Waals surface area contributed by atoms with Gasteiger partial charge in [0.1, 0.15) is 24.2 Å². The van der Waals surface area contributed by atoms with Crippen LogP contribution in [0.3, 0.4) is 0 Å². The van der Waals surface area contributed by atoms with Gasteiger partial charge in [-0.25, -0.2) is 17.2 Å². The number of nitrogens with zero attached hydrogens (tertiary/aromatic N) is 2. The predicted molar refractivity (Wildman–Crippen MR) is 151 cm³/mol. The van der Waals surface area contributed by atoms with Crippen LogP contribution in [0.25, 0.3) is 0 Å². The fraction of sp³-hybridized carbons (Fsp3) is 0.310. The van der Waals surface area contributed by atoms with Gasteiger partial charge in [-0.1, -0.05) is 48.9 Å². The van der Waals surface area contributed by atoms with Crippen molar-refractivity contribution >= 4 is 39.1 Å². The molecule has 0 aliphatic carbocycles. The number of hydrogen-bond donors (Lipinski definition) is 1. The lowest BCUT2D eigenvalue weighted by Crippen LogP contribution is -2.55. The number of sulfonamides is 1. The molecule has 1 N–H and O–H groups in total. The van der Waals surface area contributed by atoms with E-state index in [9.17, 15) is 26.8 Å². The molecule has 3 rings (SSSR count). The average Bonchev–Trinajstić information content (AvgIpc) is 2.89. The second-order valence-electron chi connectivity index (χ2n) is 10.2. The van der Waals surface area contributed by atoms with Crippen LogP contribution in [0.5, 0.6) is 0 Å². The number of anilines is 1. The molecule has 214 valence electrons. The molecule has 0 saturated heterocycles. The maximum atomic E-state index is 14.0. The number of carbonyl (C=O) groups excluding carboxylic acids is 2. The molecule has 0 aromatic heterocycles. The second-order valence-corrected chi connectivity index (χ2v) is 12.5. The van der Waals surface area contributed by atoms with Crippen molar-refractivity contribution in [2.24, 2.45) is 0 Å².